The number of ether oxygens (including phenoxy) is 2. The number of benzene rings is 1. The van der Waals surface area contributed by atoms with E-state index in [0.29, 0.717) is 6.07 Å². The van der Waals surface area contributed by atoms with E-state index >= 15 is 0 Å². The SMILES string of the molecule is COCCC(=O)Nc1ccc(OC(F)F)c(C(F)(F)F)c1. The van der Waals surface area contributed by atoms with Gasteiger partial charge < -0.3 is 14.8 Å². The van der Waals surface area contributed by atoms with Crippen LogP contribution in [-0.2, 0) is 15.7 Å². The molecule has 0 radical (unpaired) electrons. The topological polar surface area (TPSA) is 47.6 Å². The van der Waals surface area contributed by atoms with E-state index in [1.165, 1.54) is 7.11 Å². The highest BCUT2D eigenvalue weighted by Gasteiger charge is 2.35. The molecule has 1 amide bonds. The van der Waals surface area contributed by atoms with Gasteiger partial charge in [-0.25, -0.2) is 0 Å². The second-order valence-corrected chi connectivity index (χ2v) is 3.88. The molecule has 1 aromatic carbocycles. The van der Waals surface area contributed by atoms with Gasteiger partial charge in [0.05, 0.1) is 18.6 Å². The Balaban J connectivity index is 2.96. The van der Waals surface area contributed by atoms with Crippen molar-refractivity contribution in [2.75, 3.05) is 19.0 Å². The summed E-state index contributed by atoms with van der Waals surface area (Å²) in [5.41, 5.74) is -1.57. The molecule has 1 rings (SSSR count). The number of hydrogen-bond donors (Lipinski definition) is 1. The zero-order valence-corrected chi connectivity index (χ0v) is 10.8. The summed E-state index contributed by atoms with van der Waals surface area (Å²) >= 11 is 0. The Bertz CT molecular complexity index is 490. The van der Waals surface area contributed by atoms with Gasteiger partial charge in [-0.15, -0.1) is 0 Å². The van der Waals surface area contributed by atoms with Gasteiger partial charge in [-0.2, -0.15) is 22.0 Å². The minimum absolute atomic E-state index is 0.0485. The Kier molecular flexibility index (Phi) is 5.89. The highest BCUT2D eigenvalue weighted by molar-refractivity contribution is 5.91. The maximum Gasteiger partial charge on any atom is 0.420 e. The standard InChI is InChI=1S/C12H12F5NO3/c1-20-5-4-10(19)18-7-2-3-9(21-11(13)14)8(6-7)12(15,16)17/h2-3,6,11H,4-5H2,1H3,(H,18,19). The molecular formula is C12H12F5NO3. The highest BCUT2D eigenvalue weighted by atomic mass is 19.4. The van der Waals surface area contributed by atoms with Crippen molar-refractivity contribution < 1.29 is 36.2 Å². The van der Waals surface area contributed by atoms with Gasteiger partial charge in [-0.05, 0) is 18.2 Å². The quantitative estimate of drug-likeness (QED) is 0.820. The van der Waals surface area contributed by atoms with E-state index in [4.69, 9.17) is 0 Å². The van der Waals surface area contributed by atoms with Crippen LogP contribution in [0, 0.1) is 0 Å². The average Bonchev–Trinajstić information content (AvgIpc) is 2.36. The molecule has 0 unspecified atom stereocenters. The van der Waals surface area contributed by atoms with Crippen molar-refractivity contribution in [1.29, 1.82) is 0 Å². The molecule has 0 atom stereocenters. The van der Waals surface area contributed by atoms with Crippen molar-refractivity contribution in [3.05, 3.63) is 23.8 Å². The first-order valence-electron chi connectivity index (χ1n) is 5.69. The van der Waals surface area contributed by atoms with Crippen molar-refractivity contribution in [3.8, 4) is 5.75 Å². The van der Waals surface area contributed by atoms with Crippen molar-refractivity contribution in [1.82, 2.24) is 0 Å². The van der Waals surface area contributed by atoms with Crippen LogP contribution in [0.2, 0.25) is 0 Å². The lowest BCUT2D eigenvalue weighted by molar-refractivity contribution is -0.141. The van der Waals surface area contributed by atoms with Crippen LogP contribution in [0.5, 0.6) is 5.75 Å². The van der Waals surface area contributed by atoms with Crippen LogP contribution < -0.4 is 10.1 Å². The molecule has 0 heterocycles. The molecule has 9 heteroatoms. The first-order chi connectivity index (χ1) is 9.74. The Morgan fingerprint density at radius 2 is 2.00 bits per heavy atom. The van der Waals surface area contributed by atoms with Crippen molar-refractivity contribution >= 4 is 11.6 Å². The molecule has 118 valence electrons. The number of alkyl halides is 5. The van der Waals surface area contributed by atoms with Crippen LogP contribution >= 0.6 is 0 Å². The lowest BCUT2D eigenvalue weighted by Gasteiger charge is -2.15. The van der Waals surface area contributed by atoms with Crippen molar-refractivity contribution in [2.24, 2.45) is 0 Å². The molecule has 1 N–H and O–H groups in total. The zero-order chi connectivity index (χ0) is 16.0. The van der Waals surface area contributed by atoms with Crippen LogP contribution in [0.4, 0.5) is 27.6 Å². The second-order valence-electron chi connectivity index (χ2n) is 3.88. The Labute approximate surface area is 116 Å². The number of amides is 1. The minimum atomic E-state index is -4.89. The average molecular weight is 313 g/mol. The Morgan fingerprint density at radius 1 is 1.33 bits per heavy atom. The van der Waals surface area contributed by atoms with E-state index in [1.54, 1.807) is 0 Å². The second kappa shape index (κ2) is 7.21. The fourth-order valence-electron chi connectivity index (χ4n) is 1.45. The molecule has 0 fully saturated rings. The first kappa shape index (κ1) is 17.2. The summed E-state index contributed by atoms with van der Waals surface area (Å²) in [7, 11) is 1.37. The number of rotatable bonds is 6. The van der Waals surface area contributed by atoms with Gasteiger partial charge in [-0.3, -0.25) is 4.79 Å². The van der Waals surface area contributed by atoms with Crippen LogP contribution in [0.3, 0.4) is 0 Å². The molecule has 0 bridgehead atoms. The fourth-order valence-corrected chi connectivity index (χ4v) is 1.45. The lowest BCUT2D eigenvalue weighted by Crippen LogP contribution is -2.16. The third kappa shape index (κ3) is 5.54. The zero-order valence-electron chi connectivity index (χ0n) is 10.8. The van der Waals surface area contributed by atoms with E-state index in [0.717, 1.165) is 12.1 Å². The molecular weight excluding hydrogens is 301 g/mol. The highest BCUT2D eigenvalue weighted by Crippen LogP contribution is 2.38. The van der Waals surface area contributed by atoms with Gasteiger partial charge in [-0.1, -0.05) is 0 Å². The normalized spacial score (nSPS) is 11.6. The van der Waals surface area contributed by atoms with E-state index in [-0.39, 0.29) is 18.7 Å². The van der Waals surface area contributed by atoms with Crippen molar-refractivity contribution in [2.45, 2.75) is 19.2 Å². The van der Waals surface area contributed by atoms with Crippen LogP contribution in [-0.4, -0.2) is 26.2 Å². The molecule has 0 saturated carbocycles. The van der Waals surface area contributed by atoms with Gasteiger partial charge in [0.15, 0.2) is 0 Å². The molecule has 0 aromatic heterocycles. The number of carbonyl (C=O) groups is 1. The number of anilines is 1. The van der Waals surface area contributed by atoms with Crippen LogP contribution in [0.1, 0.15) is 12.0 Å². The molecule has 0 aliphatic carbocycles. The summed E-state index contributed by atoms with van der Waals surface area (Å²) in [6.45, 7) is -3.28. The molecule has 0 aliphatic heterocycles. The van der Waals surface area contributed by atoms with Gasteiger partial charge in [0.25, 0.3) is 0 Å². The smallest absolute Gasteiger partial charge is 0.420 e. The van der Waals surface area contributed by atoms with E-state index in [1.807, 2.05) is 0 Å². The van der Waals surface area contributed by atoms with E-state index < -0.39 is 30.0 Å². The summed E-state index contributed by atoms with van der Waals surface area (Å²) < 4.78 is 70.9. The van der Waals surface area contributed by atoms with Crippen LogP contribution in [0.25, 0.3) is 0 Å². The molecule has 0 spiro atoms. The third-order valence-electron chi connectivity index (χ3n) is 2.32. The number of carbonyl (C=O) groups excluding carboxylic acids is 1. The summed E-state index contributed by atoms with van der Waals surface area (Å²) in [4.78, 5) is 11.4. The first-order valence-corrected chi connectivity index (χ1v) is 5.69. The number of hydrogen-bond acceptors (Lipinski definition) is 3. The summed E-state index contributed by atoms with van der Waals surface area (Å²) in [5, 5.41) is 2.21. The molecule has 0 aliphatic rings. The minimum Gasteiger partial charge on any atom is -0.434 e. The summed E-state index contributed by atoms with van der Waals surface area (Å²) in [6, 6.07) is 2.29. The number of methoxy groups -OCH3 is 1. The van der Waals surface area contributed by atoms with Crippen LogP contribution in [0.15, 0.2) is 18.2 Å². The van der Waals surface area contributed by atoms with E-state index in [9.17, 15) is 26.7 Å². The van der Waals surface area contributed by atoms with Gasteiger partial charge in [0.2, 0.25) is 5.91 Å². The van der Waals surface area contributed by atoms with E-state index in [2.05, 4.69) is 14.8 Å². The van der Waals surface area contributed by atoms with Gasteiger partial charge in [0, 0.05) is 12.8 Å². The van der Waals surface area contributed by atoms with Gasteiger partial charge in [0.1, 0.15) is 5.75 Å². The Hall–Kier alpha value is -1.90. The fraction of sp³-hybridized carbons (Fsp3) is 0.417. The van der Waals surface area contributed by atoms with Gasteiger partial charge >= 0.3 is 12.8 Å². The monoisotopic (exact) mass is 313 g/mol. The molecule has 21 heavy (non-hydrogen) atoms. The Morgan fingerprint density at radius 3 is 2.52 bits per heavy atom. The molecule has 0 saturated heterocycles. The van der Waals surface area contributed by atoms with Crippen molar-refractivity contribution in [3.63, 3.8) is 0 Å². The number of nitrogens with one attached hydrogen (secondary N) is 1. The predicted octanol–water partition coefficient (Wildman–Crippen LogP) is 3.28. The summed E-state index contributed by atoms with van der Waals surface area (Å²) in [6.07, 6.45) is -4.94. The predicted molar refractivity (Wildman–Crippen MR) is 63.2 cm³/mol. The number of halogens is 5. The summed E-state index contributed by atoms with van der Waals surface area (Å²) in [5.74, 6) is -1.57. The molecule has 1 aromatic rings. The maximum atomic E-state index is 12.8. The lowest BCUT2D eigenvalue weighted by atomic mass is 10.1. The molecule has 4 nitrogen and oxygen atoms in total. The largest absolute Gasteiger partial charge is 0.434 e. The maximum absolute atomic E-state index is 12.8. The third-order valence-corrected chi connectivity index (χ3v) is 2.32.